The van der Waals surface area contributed by atoms with Crippen molar-refractivity contribution in [3.05, 3.63) is 91.1 Å². The number of benzene rings is 2. The van der Waals surface area contributed by atoms with E-state index in [-0.39, 0.29) is 73.9 Å². The summed E-state index contributed by atoms with van der Waals surface area (Å²) in [5, 5.41) is 0. The van der Waals surface area contributed by atoms with Crippen molar-refractivity contribution in [1.29, 1.82) is 0 Å². The lowest BCUT2D eigenvalue weighted by molar-refractivity contribution is -0.163. The summed E-state index contributed by atoms with van der Waals surface area (Å²) in [7, 11) is 0. The van der Waals surface area contributed by atoms with Crippen molar-refractivity contribution in [2.24, 2.45) is 23.7 Å². The van der Waals surface area contributed by atoms with Crippen molar-refractivity contribution in [2.45, 2.75) is 170 Å². The Morgan fingerprint density at radius 1 is 0.407 bits per heavy atom. The standard InChI is InChI=1S/C25H30N2O4.C14H20O6.C12H15N3O6.C12H18O2/c1-5-20(26(10-22-14-28-22)11-23-15-29-23)6-2-18(1)9-19-3-7-21(8-4-19)27(12-24-16-30-24)13-25-17-31-25;15-13(19-7-9-5-17-9)11-3-1-2-4-12(11)14(16)20-8-10-6-18-10;16-10-13(1-7-4-19-7)11(17)15(3-9-6-21-9)12(18)14(10)2-8-5-20-8;1-3-9-11(13-9)5-7(1)8-2-4-10-12(6-8)14-10/h1-8,22-25H,9-17H2;9-12H,1-8H2;7-9H,1-6H2;7-12H,1-6H2. The molecule has 1 aromatic heterocycles. The van der Waals surface area contributed by atoms with Crippen LogP contribution in [-0.4, -0.2) is 204 Å². The predicted molar refractivity (Wildman–Crippen MR) is 306 cm³/mol. The minimum Gasteiger partial charge on any atom is -0.463 e. The number of rotatable bonds is 25. The van der Waals surface area contributed by atoms with Gasteiger partial charge in [-0.1, -0.05) is 37.1 Å². The van der Waals surface area contributed by atoms with Gasteiger partial charge in [-0.3, -0.25) is 9.59 Å². The van der Waals surface area contributed by atoms with Crippen LogP contribution in [0.25, 0.3) is 0 Å². The molecule has 2 aromatic carbocycles. The molecule has 0 N–H and O–H groups in total. The van der Waals surface area contributed by atoms with E-state index in [1.165, 1.54) is 61.0 Å². The SMILES string of the molecule is C1CC2OC2CC1C1CCC2OC2C1.O=C(OCC1CO1)C1CCCCC1C(=O)OCC1CO1.O=c1n(CC2CO2)c(=O)n(CC2CO2)c(=O)n1CC1CO1.c1cc(N(CC2CO2)CC2CO2)ccc1Cc1ccc(N(CC2CO2)CC2CO2)cc1. The molecule has 11 saturated heterocycles. The van der Waals surface area contributed by atoms with Crippen molar-refractivity contribution in [3.63, 3.8) is 0 Å². The fraction of sp³-hybridized carbons (Fsp3) is 0.730. The third-order valence-electron chi connectivity index (χ3n) is 18.8. The van der Waals surface area contributed by atoms with E-state index in [0.717, 1.165) is 97.4 Å². The van der Waals surface area contributed by atoms with Crippen molar-refractivity contribution < 1.29 is 71.2 Å². The van der Waals surface area contributed by atoms with Gasteiger partial charge in [0.15, 0.2) is 0 Å². The highest BCUT2D eigenvalue weighted by Crippen LogP contribution is 2.49. The van der Waals surface area contributed by atoms with Gasteiger partial charge in [-0.05, 0) is 105 Å². The highest BCUT2D eigenvalue weighted by molar-refractivity contribution is 5.82. The number of nitrogens with zero attached hydrogens (tertiary/aromatic N) is 5. The van der Waals surface area contributed by atoms with Crippen LogP contribution in [0.1, 0.15) is 75.3 Å². The molecule has 468 valence electrons. The number of fused-ring (bicyclic) bond motifs is 2. The van der Waals surface area contributed by atoms with E-state index in [0.29, 0.717) is 108 Å². The minimum atomic E-state index is -0.594. The quantitative estimate of drug-likeness (QED) is 0.0872. The molecule has 14 fully saturated rings. The summed E-state index contributed by atoms with van der Waals surface area (Å²) in [5.74, 6) is 0.618. The first-order chi connectivity index (χ1) is 42.0. The molecule has 17 unspecified atom stereocenters. The third-order valence-corrected chi connectivity index (χ3v) is 18.8. The molecule has 3 aromatic rings. The third kappa shape index (κ3) is 16.8. The van der Waals surface area contributed by atoms with Crippen molar-refractivity contribution in [3.8, 4) is 0 Å². The second kappa shape index (κ2) is 26.2. The maximum absolute atomic E-state index is 12.4. The summed E-state index contributed by atoms with van der Waals surface area (Å²) in [6.07, 6.45) is 16.4. The van der Waals surface area contributed by atoms with E-state index in [1.54, 1.807) is 0 Å². The second-order valence-corrected chi connectivity index (χ2v) is 25.9. The molecule has 86 heavy (non-hydrogen) atoms. The Morgan fingerprint density at radius 2 is 0.721 bits per heavy atom. The van der Waals surface area contributed by atoms with Crippen molar-refractivity contribution in [1.82, 2.24) is 13.7 Å². The number of epoxide rings is 11. The smallest absolute Gasteiger partial charge is 0.336 e. The van der Waals surface area contributed by atoms with Gasteiger partial charge in [-0.25, -0.2) is 28.1 Å². The first kappa shape index (κ1) is 58.6. The fourth-order valence-corrected chi connectivity index (χ4v) is 12.7. The zero-order valence-corrected chi connectivity index (χ0v) is 49.0. The van der Waals surface area contributed by atoms with Gasteiger partial charge in [0.1, 0.15) is 25.4 Å². The number of anilines is 2. The zero-order valence-electron chi connectivity index (χ0n) is 49.0. The molecule has 3 saturated carbocycles. The summed E-state index contributed by atoms with van der Waals surface area (Å²) >= 11 is 0. The second-order valence-electron chi connectivity index (χ2n) is 25.9. The predicted octanol–water partition coefficient (Wildman–Crippen LogP) is 2.65. The maximum Gasteiger partial charge on any atom is 0.336 e. The van der Waals surface area contributed by atoms with Gasteiger partial charge < -0.3 is 71.4 Å². The largest absolute Gasteiger partial charge is 0.463 e. The molecular weight excluding hydrogens is 1110 g/mol. The summed E-state index contributed by atoms with van der Waals surface area (Å²) < 4.78 is 71.9. The Labute approximate surface area is 499 Å². The van der Waals surface area contributed by atoms with Crippen LogP contribution >= 0.6 is 0 Å². The van der Waals surface area contributed by atoms with E-state index < -0.39 is 17.1 Å². The van der Waals surface area contributed by atoms with Gasteiger partial charge in [-0.2, -0.15) is 0 Å². The number of hydrogen-bond donors (Lipinski definition) is 0. The highest BCUT2D eigenvalue weighted by atomic mass is 16.6. The Kier molecular flexibility index (Phi) is 17.9. The van der Waals surface area contributed by atoms with Crippen molar-refractivity contribution in [2.75, 3.05) is 109 Å². The molecule has 0 spiro atoms. The van der Waals surface area contributed by atoms with E-state index in [9.17, 15) is 24.0 Å². The van der Waals surface area contributed by atoms with Crippen LogP contribution in [-0.2, 0) is 97.2 Å². The lowest BCUT2D eigenvalue weighted by Crippen LogP contribution is -2.55. The van der Waals surface area contributed by atoms with Crippen LogP contribution in [0.15, 0.2) is 62.9 Å². The van der Waals surface area contributed by atoms with Gasteiger partial charge in [0.25, 0.3) is 0 Å². The van der Waals surface area contributed by atoms with Crippen LogP contribution in [0.2, 0.25) is 0 Å². The highest BCUT2D eigenvalue weighted by Gasteiger charge is 2.50. The van der Waals surface area contributed by atoms with E-state index in [4.69, 9.17) is 61.6 Å². The molecule has 0 bridgehead atoms. The van der Waals surface area contributed by atoms with Gasteiger partial charge in [0, 0.05) is 37.6 Å². The monoisotopic (exact) mass is 1200 g/mol. The summed E-state index contributed by atoms with van der Waals surface area (Å²) in [5.41, 5.74) is 3.39. The molecular formula is C63H83N5O18. The topological polar surface area (TPSA) is 263 Å². The average Bonchev–Trinajstić information content (AvgIpc) is 4.20. The molecule has 17 rings (SSSR count). The first-order valence-electron chi connectivity index (χ1n) is 31.9. The Morgan fingerprint density at radius 3 is 1.01 bits per heavy atom. The van der Waals surface area contributed by atoms with E-state index in [2.05, 4.69) is 58.3 Å². The average molecular weight is 1200 g/mol. The number of aromatic nitrogens is 3. The molecule has 0 radical (unpaired) electrons. The van der Waals surface area contributed by atoms with Crippen LogP contribution in [0.4, 0.5) is 11.4 Å². The molecule has 0 amide bonds. The number of hydrogen-bond acceptors (Lipinski definition) is 20. The summed E-state index contributed by atoms with van der Waals surface area (Å²) in [4.78, 5) is 66.1. The fourth-order valence-electron chi connectivity index (χ4n) is 12.7. The van der Waals surface area contributed by atoms with Gasteiger partial charge >= 0.3 is 29.0 Å². The summed E-state index contributed by atoms with van der Waals surface area (Å²) in [6, 6.07) is 17.9. The van der Waals surface area contributed by atoms with Crippen LogP contribution in [0.3, 0.4) is 0 Å². The number of esters is 2. The molecule has 3 aliphatic carbocycles. The van der Waals surface area contributed by atoms with E-state index >= 15 is 0 Å². The molecule has 17 atom stereocenters. The van der Waals surface area contributed by atoms with Crippen molar-refractivity contribution >= 4 is 23.3 Å². The molecule has 23 nitrogen and oxygen atoms in total. The van der Waals surface area contributed by atoms with Gasteiger partial charge in [0.2, 0.25) is 0 Å². The van der Waals surface area contributed by atoms with Crippen LogP contribution in [0, 0.1) is 23.7 Å². The summed E-state index contributed by atoms with van der Waals surface area (Å²) in [6.45, 7) is 11.4. The van der Waals surface area contributed by atoms with Gasteiger partial charge in [-0.15, -0.1) is 0 Å². The van der Waals surface area contributed by atoms with Crippen LogP contribution < -0.4 is 26.9 Å². The number of carbonyl (C=O) groups excluding carboxylic acids is 2. The van der Waals surface area contributed by atoms with Gasteiger partial charge in [0.05, 0.1) is 158 Å². The molecule has 14 aliphatic rings. The first-order valence-corrected chi connectivity index (χ1v) is 31.9. The maximum atomic E-state index is 12.4. The van der Waals surface area contributed by atoms with E-state index in [1.807, 2.05) is 0 Å². The molecule has 11 aliphatic heterocycles. The number of carbonyl (C=O) groups is 2. The molecule has 12 heterocycles. The zero-order chi connectivity index (χ0) is 58.3. The molecule has 23 heteroatoms. The van der Waals surface area contributed by atoms with Crippen LogP contribution in [0.5, 0.6) is 0 Å². The Hall–Kier alpha value is -5.05. The Bertz CT molecular complexity index is 2700. The minimum absolute atomic E-state index is 0.0555. The Balaban J connectivity index is 0.000000105. The lowest BCUT2D eigenvalue weighted by Gasteiger charge is -2.30. The lowest BCUT2D eigenvalue weighted by atomic mass is 9.73. The normalized spacial score (nSPS) is 35.1. The number of ether oxygens (including phenoxy) is 13.